The third-order valence-electron chi connectivity index (χ3n) is 4.40. The lowest BCUT2D eigenvalue weighted by atomic mass is 9.93. The first-order valence-electron chi connectivity index (χ1n) is 8.87. The van der Waals surface area contributed by atoms with Gasteiger partial charge in [-0.05, 0) is 32.0 Å². The SMILES string of the molecule is CCOC(=O)[C@@H]1CNCC[C@@H]1NC(=O)Nc1ccnc2ccc(OC)nc12. The Bertz CT molecular complexity index is 829. The Morgan fingerprint density at radius 2 is 2.19 bits per heavy atom. The molecule has 27 heavy (non-hydrogen) atoms. The topological polar surface area (TPSA) is 114 Å². The van der Waals surface area contributed by atoms with Crippen molar-refractivity contribution < 1.29 is 19.1 Å². The first kappa shape index (κ1) is 18.8. The van der Waals surface area contributed by atoms with E-state index in [0.29, 0.717) is 42.2 Å². The smallest absolute Gasteiger partial charge is 0.319 e. The van der Waals surface area contributed by atoms with E-state index in [-0.39, 0.29) is 12.0 Å². The molecule has 0 bridgehead atoms. The molecular formula is C18H23N5O4. The molecule has 0 spiro atoms. The van der Waals surface area contributed by atoms with E-state index in [0.717, 1.165) is 6.54 Å². The number of carbonyl (C=O) groups excluding carboxylic acids is 2. The molecule has 0 saturated carbocycles. The minimum atomic E-state index is -0.420. The molecule has 9 heteroatoms. The Labute approximate surface area is 156 Å². The maximum Gasteiger partial charge on any atom is 0.319 e. The van der Waals surface area contributed by atoms with Gasteiger partial charge in [-0.1, -0.05) is 0 Å². The molecule has 1 saturated heterocycles. The Kier molecular flexibility index (Phi) is 6.02. The molecule has 1 fully saturated rings. The minimum Gasteiger partial charge on any atom is -0.481 e. The van der Waals surface area contributed by atoms with Gasteiger partial charge in [0.05, 0.1) is 30.8 Å². The number of ether oxygens (including phenoxy) is 2. The van der Waals surface area contributed by atoms with Gasteiger partial charge in [0.2, 0.25) is 5.88 Å². The maximum absolute atomic E-state index is 12.5. The van der Waals surface area contributed by atoms with Crippen LogP contribution in [0.25, 0.3) is 11.0 Å². The number of piperidine rings is 1. The summed E-state index contributed by atoms with van der Waals surface area (Å²) in [6, 6.07) is 4.43. The second-order valence-corrected chi connectivity index (χ2v) is 6.14. The Morgan fingerprint density at radius 3 is 2.96 bits per heavy atom. The molecule has 2 aromatic rings. The summed E-state index contributed by atoms with van der Waals surface area (Å²) >= 11 is 0. The van der Waals surface area contributed by atoms with E-state index in [1.54, 1.807) is 31.3 Å². The van der Waals surface area contributed by atoms with Gasteiger partial charge in [-0.2, -0.15) is 0 Å². The Hall–Kier alpha value is -2.94. The molecule has 0 unspecified atom stereocenters. The van der Waals surface area contributed by atoms with Gasteiger partial charge in [-0.25, -0.2) is 9.78 Å². The van der Waals surface area contributed by atoms with Gasteiger partial charge < -0.3 is 25.4 Å². The van der Waals surface area contributed by atoms with Crippen LogP contribution in [-0.2, 0) is 9.53 Å². The number of fused-ring (bicyclic) bond motifs is 1. The van der Waals surface area contributed by atoms with Crippen molar-refractivity contribution in [1.82, 2.24) is 20.6 Å². The average molecular weight is 373 g/mol. The summed E-state index contributed by atoms with van der Waals surface area (Å²) in [6.45, 7) is 3.27. The molecule has 144 valence electrons. The number of methoxy groups -OCH3 is 1. The van der Waals surface area contributed by atoms with Crippen molar-refractivity contribution in [2.75, 3.05) is 32.1 Å². The largest absolute Gasteiger partial charge is 0.481 e. The van der Waals surface area contributed by atoms with Gasteiger partial charge in [0.15, 0.2) is 0 Å². The molecule has 2 aromatic heterocycles. The number of anilines is 1. The highest BCUT2D eigenvalue weighted by Gasteiger charge is 2.33. The summed E-state index contributed by atoms with van der Waals surface area (Å²) < 4.78 is 10.3. The van der Waals surface area contributed by atoms with Crippen molar-refractivity contribution in [3.8, 4) is 5.88 Å². The average Bonchev–Trinajstić information content (AvgIpc) is 2.68. The fourth-order valence-corrected chi connectivity index (χ4v) is 3.08. The molecule has 9 nitrogen and oxygen atoms in total. The molecule has 2 amide bonds. The fraction of sp³-hybridized carbons (Fsp3) is 0.444. The number of esters is 1. The quantitative estimate of drug-likeness (QED) is 0.677. The number of carbonyl (C=O) groups is 2. The van der Waals surface area contributed by atoms with Crippen LogP contribution in [0.4, 0.5) is 10.5 Å². The van der Waals surface area contributed by atoms with Gasteiger partial charge in [-0.15, -0.1) is 0 Å². The van der Waals surface area contributed by atoms with Crippen LogP contribution < -0.4 is 20.7 Å². The third kappa shape index (κ3) is 4.43. The third-order valence-corrected chi connectivity index (χ3v) is 4.40. The van der Waals surface area contributed by atoms with Crippen molar-refractivity contribution in [1.29, 1.82) is 0 Å². The number of nitrogens with one attached hydrogen (secondary N) is 3. The number of hydrogen-bond acceptors (Lipinski definition) is 7. The van der Waals surface area contributed by atoms with Crippen molar-refractivity contribution >= 4 is 28.7 Å². The zero-order valence-electron chi connectivity index (χ0n) is 15.3. The minimum absolute atomic E-state index is 0.305. The number of pyridine rings is 2. The fourth-order valence-electron chi connectivity index (χ4n) is 3.08. The van der Waals surface area contributed by atoms with Crippen molar-refractivity contribution in [2.45, 2.75) is 19.4 Å². The molecule has 3 rings (SSSR count). The second-order valence-electron chi connectivity index (χ2n) is 6.14. The number of hydrogen-bond donors (Lipinski definition) is 3. The van der Waals surface area contributed by atoms with Crippen LogP contribution in [0.1, 0.15) is 13.3 Å². The number of aromatic nitrogens is 2. The lowest BCUT2D eigenvalue weighted by molar-refractivity contribution is -0.149. The van der Waals surface area contributed by atoms with E-state index in [1.165, 1.54) is 7.11 Å². The first-order valence-corrected chi connectivity index (χ1v) is 8.87. The van der Waals surface area contributed by atoms with E-state index >= 15 is 0 Å². The van der Waals surface area contributed by atoms with Crippen LogP contribution in [0.3, 0.4) is 0 Å². The zero-order chi connectivity index (χ0) is 19.2. The van der Waals surface area contributed by atoms with Crippen LogP contribution in [0, 0.1) is 5.92 Å². The van der Waals surface area contributed by atoms with Crippen molar-refractivity contribution in [3.63, 3.8) is 0 Å². The molecule has 0 radical (unpaired) electrons. The summed E-state index contributed by atoms with van der Waals surface area (Å²) in [5, 5.41) is 8.83. The molecule has 1 aliphatic heterocycles. The molecule has 2 atom stereocenters. The predicted molar refractivity (Wildman–Crippen MR) is 99.6 cm³/mol. The van der Waals surface area contributed by atoms with Gasteiger partial charge >= 0.3 is 12.0 Å². The number of amides is 2. The Balaban J connectivity index is 1.73. The maximum atomic E-state index is 12.5. The molecule has 3 heterocycles. The van der Waals surface area contributed by atoms with Crippen LogP contribution in [-0.4, -0.2) is 54.8 Å². The van der Waals surface area contributed by atoms with Crippen molar-refractivity contribution in [2.24, 2.45) is 5.92 Å². The summed E-state index contributed by atoms with van der Waals surface area (Å²) in [7, 11) is 1.52. The second kappa shape index (κ2) is 8.63. The highest BCUT2D eigenvalue weighted by Crippen LogP contribution is 2.22. The summed E-state index contributed by atoms with van der Waals surface area (Å²) in [5.41, 5.74) is 1.68. The predicted octanol–water partition coefficient (Wildman–Crippen LogP) is 1.30. The summed E-state index contributed by atoms with van der Waals surface area (Å²) in [6.07, 6.45) is 2.23. The highest BCUT2D eigenvalue weighted by molar-refractivity contribution is 5.98. The van der Waals surface area contributed by atoms with Gasteiger partial charge in [-0.3, -0.25) is 9.78 Å². The van der Waals surface area contributed by atoms with E-state index < -0.39 is 11.9 Å². The van der Waals surface area contributed by atoms with E-state index in [4.69, 9.17) is 9.47 Å². The van der Waals surface area contributed by atoms with Gasteiger partial charge in [0.1, 0.15) is 5.52 Å². The normalized spacial score (nSPS) is 19.3. The zero-order valence-corrected chi connectivity index (χ0v) is 15.3. The number of rotatable bonds is 5. The molecule has 0 aliphatic carbocycles. The highest BCUT2D eigenvalue weighted by atomic mass is 16.5. The van der Waals surface area contributed by atoms with Crippen LogP contribution >= 0.6 is 0 Å². The number of urea groups is 1. The molecule has 1 aliphatic rings. The first-order chi connectivity index (χ1) is 13.1. The molecular weight excluding hydrogens is 350 g/mol. The monoisotopic (exact) mass is 373 g/mol. The van der Waals surface area contributed by atoms with E-state index in [2.05, 4.69) is 25.9 Å². The van der Waals surface area contributed by atoms with E-state index in [1.807, 2.05) is 0 Å². The lowest BCUT2D eigenvalue weighted by Crippen LogP contribution is -2.53. The summed E-state index contributed by atoms with van der Waals surface area (Å²) in [5.74, 6) is -0.299. The van der Waals surface area contributed by atoms with E-state index in [9.17, 15) is 9.59 Å². The number of nitrogens with zero attached hydrogens (tertiary/aromatic N) is 2. The van der Waals surface area contributed by atoms with Gasteiger partial charge in [0, 0.05) is 24.8 Å². The van der Waals surface area contributed by atoms with Crippen LogP contribution in [0.15, 0.2) is 24.4 Å². The van der Waals surface area contributed by atoms with Crippen LogP contribution in [0.2, 0.25) is 0 Å². The Morgan fingerprint density at radius 1 is 1.33 bits per heavy atom. The van der Waals surface area contributed by atoms with Crippen LogP contribution in [0.5, 0.6) is 5.88 Å². The molecule has 3 N–H and O–H groups in total. The van der Waals surface area contributed by atoms with Gasteiger partial charge in [0.25, 0.3) is 0 Å². The molecule has 0 aromatic carbocycles. The standard InChI is InChI=1S/C18H23N5O4/c1-3-27-17(24)11-10-19-8-6-12(11)21-18(25)22-14-7-9-20-13-4-5-15(26-2)23-16(13)14/h4-5,7,9,11-12,19H,3,6,8,10H2,1-2H3,(H2,20,21,22,25)/t11-,12+/m1/s1. The van der Waals surface area contributed by atoms with Crippen molar-refractivity contribution in [3.05, 3.63) is 24.4 Å². The lowest BCUT2D eigenvalue weighted by Gasteiger charge is -2.31. The summed E-state index contributed by atoms with van der Waals surface area (Å²) in [4.78, 5) is 33.2.